The van der Waals surface area contributed by atoms with Crippen LogP contribution in [0.3, 0.4) is 0 Å². The Kier molecular flexibility index (Phi) is 3.14. The third-order valence-corrected chi connectivity index (χ3v) is 2.57. The Morgan fingerprint density at radius 1 is 1.28 bits per heavy atom. The van der Waals surface area contributed by atoms with E-state index in [1.165, 1.54) is 12.1 Å². The molecule has 0 radical (unpaired) electrons. The molecule has 0 aliphatic carbocycles. The molecule has 0 amide bonds. The van der Waals surface area contributed by atoms with Crippen LogP contribution >= 0.6 is 0 Å². The topological polar surface area (TPSA) is 63.5 Å². The van der Waals surface area contributed by atoms with Gasteiger partial charge in [0.15, 0.2) is 5.84 Å². The Morgan fingerprint density at radius 3 is 2.56 bits per heavy atom. The lowest BCUT2D eigenvalue weighted by Gasteiger charge is -2.14. The van der Waals surface area contributed by atoms with Crippen LogP contribution < -0.4 is 5.73 Å². The molecule has 3 N–H and O–H groups in total. The zero-order valence-corrected chi connectivity index (χ0v) is 9.09. The summed E-state index contributed by atoms with van der Waals surface area (Å²) >= 11 is 0. The van der Waals surface area contributed by atoms with Crippen molar-refractivity contribution < 1.29 is 18.4 Å². The predicted molar refractivity (Wildman–Crippen MR) is 60.6 cm³/mol. The molecular formula is C11H10F3N3O. The second-order valence-corrected chi connectivity index (χ2v) is 3.65. The molecular weight excluding hydrogens is 247 g/mol. The summed E-state index contributed by atoms with van der Waals surface area (Å²) in [5, 5.41) is 11.8. The SMILES string of the molecule is NC(=NO)c1cc2ccccc2n1C(F)C(F)F. The highest BCUT2D eigenvalue weighted by Gasteiger charge is 2.26. The zero-order chi connectivity index (χ0) is 13.3. The van der Waals surface area contributed by atoms with Crippen molar-refractivity contribution in [3.8, 4) is 0 Å². The lowest BCUT2D eigenvalue weighted by atomic mass is 10.2. The van der Waals surface area contributed by atoms with Crippen molar-refractivity contribution in [2.45, 2.75) is 12.7 Å². The Balaban J connectivity index is 2.73. The molecule has 96 valence electrons. The summed E-state index contributed by atoms with van der Waals surface area (Å²) in [7, 11) is 0. The number of halogens is 3. The first-order chi connectivity index (χ1) is 8.56. The van der Waals surface area contributed by atoms with Crippen LogP contribution in [-0.2, 0) is 0 Å². The van der Waals surface area contributed by atoms with Gasteiger partial charge in [0.05, 0.1) is 11.2 Å². The van der Waals surface area contributed by atoms with Gasteiger partial charge in [-0.2, -0.15) is 0 Å². The number of aromatic nitrogens is 1. The Hall–Kier alpha value is -2.18. The maximum Gasteiger partial charge on any atom is 0.288 e. The molecule has 0 fully saturated rings. The molecule has 0 spiro atoms. The molecule has 7 heteroatoms. The molecule has 0 aliphatic heterocycles. The second-order valence-electron chi connectivity index (χ2n) is 3.65. The highest BCUT2D eigenvalue weighted by Crippen LogP contribution is 2.28. The molecule has 2 rings (SSSR count). The molecule has 0 aliphatic rings. The first-order valence-corrected chi connectivity index (χ1v) is 5.06. The number of nitrogens with two attached hydrogens (primary N) is 1. The summed E-state index contributed by atoms with van der Waals surface area (Å²) < 4.78 is 39.4. The molecule has 0 bridgehead atoms. The fourth-order valence-corrected chi connectivity index (χ4v) is 1.80. The molecule has 1 unspecified atom stereocenters. The van der Waals surface area contributed by atoms with Crippen LogP contribution in [0.25, 0.3) is 10.9 Å². The molecule has 1 aromatic heterocycles. The van der Waals surface area contributed by atoms with Crippen LogP contribution in [-0.4, -0.2) is 22.0 Å². The van der Waals surface area contributed by atoms with Crippen molar-refractivity contribution in [1.29, 1.82) is 0 Å². The monoisotopic (exact) mass is 257 g/mol. The van der Waals surface area contributed by atoms with E-state index < -0.39 is 18.6 Å². The quantitative estimate of drug-likeness (QED) is 0.384. The van der Waals surface area contributed by atoms with Gasteiger partial charge in [-0.1, -0.05) is 23.4 Å². The standard InChI is InChI=1S/C11H10F3N3O/c12-9(13)10(14)17-7-4-2-1-3-6(7)5-8(17)11(15)16-18/h1-5,9-10,18H,(H2,15,16). The molecule has 1 aromatic carbocycles. The van der Waals surface area contributed by atoms with E-state index in [1.807, 2.05) is 0 Å². The van der Waals surface area contributed by atoms with E-state index in [4.69, 9.17) is 10.9 Å². The largest absolute Gasteiger partial charge is 0.409 e. The number of oxime groups is 1. The van der Waals surface area contributed by atoms with E-state index in [2.05, 4.69) is 5.16 Å². The van der Waals surface area contributed by atoms with Crippen LogP contribution in [0.2, 0.25) is 0 Å². The van der Waals surface area contributed by atoms with E-state index in [-0.39, 0.29) is 11.2 Å². The van der Waals surface area contributed by atoms with E-state index in [0.29, 0.717) is 5.39 Å². The average molecular weight is 257 g/mol. The number of fused-ring (bicyclic) bond motifs is 1. The summed E-state index contributed by atoms with van der Waals surface area (Å²) in [6.45, 7) is 0. The fourth-order valence-electron chi connectivity index (χ4n) is 1.80. The number of rotatable bonds is 3. The Bertz CT molecular complexity index is 594. The number of amidine groups is 1. The fraction of sp³-hybridized carbons (Fsp3) is 0.182. The molecule has 1 atom stereocenters. The Labute approximate surface area is 100 Å². The van der Waals surface area contributed by atoms with Gasteiger partial charge in [-0.25, -0.2) is 13.2 Å². The van der Waals surface area contributed by atoms with Crippen LogP contribution in [0.15, 0.2) is 35.5 Å². The average Bonchev–Trinajstić information content (AvgIpc) is 2.75. The van der Waals surface area contributed by atoms with E-state index in [9.17, 15) is 13.2 Å². The summed E-state index contributed by atoms with van der Waals surface area (Å²) in [6.07, 6.45) is -5.76. The van der Waals surface area contributed by atoms with Crippen LogP contribution in [0.5, 0.6) is 0 Å². The van der Waals surface area contributed by atoms with Crippen molar-refractivity contribution in [2.24, 2.45) is 10.9 Å². The van der Waals surface area contributed by atoms with Gasteiger partial charge in [0.1, 0.15) is 0 Å². The van der Waals surface area contributed by atoms with Crippen molar-refractivity contribution in [2.75, 3.05) is 0 Å². The molecule has 2 aromatic rings. The molecule has 4 nitrogen and oxygen atoms in total. The molecule has 0 saturated heterocycles. The smallest absolute Gasteiger partial charge is 0.288 e. The molecule has 0 saturated carbocycles. The lowest BCUT2D eigenvalue weighted by molar-refractivity contribution is 0.0103. The van der Waals surface area contributed by atoms with Crippen LogP contribution in [0.4, 0.5) is 13.2 Å². The van der Waals surface area contributed by atoms with Gasteiger partial charge in [-0.15, -0.1) is 0 Å². The van der Waals surface area contributed by atoms with E-state index in [0.717, 1.165) is 4.57 Å². The minimum Gasteiger partial charge on any atom is -0.409 e. The van der Waals surface area contributed by atoms with E-state index >= 15 is 0 Å². The van der Waals surface area contributed by atoms with Crippen molar-refractivity contribution >= 4 is 16.7 Å². The zero-order valence-electron chi connectivity index (χ0n) is 9.09. The predicted octanol–water partition coefficient (Wildman–Crippen LogP) is 2.47. The third kappa shape index (κ3) is 1.87. The number of alkyl halides is 3. The van der Waals surface area contributed by atoms with Crippen molar-refractivity contribution in [3.63, 3.8) is 0 Å². The third-order valence-electron chi connectivity index (χ3n) is 2.57. The van der Waals surface area contributed by atoms with Crippen molar-refractivity contribution in [3.05, 3.63) is 36.0 Å². The second kappa shape index (κ2) is 4.59. The first kappa shape index (κ1) is 12.3. The van der Waals surface area contributed by atoms with Crippen LogP contribution in [0, 0.1) is 0 Å². The minimum atomic E-state index is -3.20. The first-order valence-electron chi connectivity index (χ1n) is 5.06. The highest BCUT2D eigenvalue weighted by molar-refractivity contribution is 6.00. The number of nitrogens with zero attached hydrogens (tertiary/aromatic N) is 2. The van der Waals surface area contributed by atoms with Gasteiger partial charge >= 0.3 is 0 Å². The van der Waals surface area contributed by atoms with Gasteiger partial charge in [0.2, 0.25) is 6.30 Å². The van der Waals surface area contributed by atoms with Gasteiger partial charge in [0.25, 0.3) is 6.43 Å². The highest BCUT2D eigenvalue weighted by atomic mass is 19.3. The summed E-state index contributed by atoms with van der Waals surface area (Å²) in [6, 6.07) is 7.77. The number of para-hydroxylation sites is 1. The van der Waals surface area contributed by atoms with Gasteiger partial charge in [0, 0.05) is 5.39 Å². The Morgan fingerprint density at radius 2 is 1.94 bits per heavy atom. The summed E-state index contributed by atoms with van der Waals surface area (Å²) in [5.74, 6) is -0.422. The number of benzene rings is 1. The maximum absolute atomic E-state index is 13.6. The van der Waals surface area contributed by atoms with Gasteiger partial charge < -0.3 is 15.5 Å². The maximum atomic E-state index is 13.6. The minimum absolute atomic E-state index is 0.0912. The summed E-state index contributed by atoms with van der Waals surface area (Å²) in [5.41, 5.74) is 5.53. The normalized spacial score (nSPS) is 14.3. The molecule has 18 heavy (non-hydrogen) atoms. The van der Waals surface area contributed by atoms with Crippen LogP contribution in [0.1, 0.15) is 12.0 Å². The number of hydrogen-bond acceptors (Lipinski definition) is 2. The van der Waals surface area contributed by atoms with Gasteiger partial charge in [-0.3, -0.25) is 0 Å². The van der Waals surface area contributed by atoms with E-state index in [1.54, 1.807) is 18.2 Å². The summed E-state index contributed by atoms with van der Waals surface area (Å²) in [4.78, 5) is 0. The van der Waals surface area contributed by atoms with Gasteiger partial charge in [-0.05, 0) is 12.1 Å². The van der Waals surface area contributed by atoms with Crippen molar-refractivity contribution in [1.82, 2.24) is 4.57 Å². The number of hydrogen-bond donors (Lipinski definition) is 2. The lowest BCUT2D eigenvalue weighted by Crippen LogP contribution is -2.22. The molecule has 1 heterocycles.